The Hall–Kier alpha value is -1.94. The fourth-order valence-corrected chi connectivity index (χ4v) is 9.16. The normalized spacial score (nSPS) is 28.5. The largest absolute Gasteiger partial charge is 2.00 e. The first-order valence-corrected chi connectivity index (χ1v) is 25.9. The van der Waals surface area contributed by atoms with Crippen molar-refractivity contribution in [1.82, 2.24) is 0 Å². The van der Waals surface area contributed by atoms with E-state index in [-0.39, 0.29) is 121 Å². The number of carbonyl (C=O) groups is 4. The summed E-state index contributed by atoms with van der Waals surface area (Å²) in [6.45, 7) is 12.1. The summed E-state index contributed by atoms with van der Waals surface area (Å²) in [6.07, 6.45) is 8.59. The van der Waals surface area contributed by atoms with Gasteiger partial charge in [-0.25, -0.2) is 9.59 Å². The minimum Gasteiger partial charge on any atom is -0.550 e. The van der Waals surface area contributed by atoms with Gasteiger partial charge in [0, 0.05) is 47.8 Å². The van der Waals surface area contributed by atoms with Crippen molar-refractivity contribution >= 4 is 61.6 Å². The molecule has 0 radical (unpaired) electrons. The van der Waals surface area contributed by atoms with Gasteiger partial charge in [-0.05, 0) is 91.9 Å². The van der Waals surface area contributed by atoms with E-state index in [1.807, 2.05) is 13.8 Å². The number of aliphatic hydroxyl groups is 6. The predicted octanol–water partition coefficient (Wildman–Crippen LogP) is -1.16. The number of hydrogen-bond donors (Lipinski definition) is 6. The van der Waals surface area contributed by atoms with Crippen molar-refractivity contribution in [3.05, 3.63) is 23.3 Å². The van der Waals surface area contributed by atoms with Gasteiger partial charge in [-0.3, -0.25) is 0 Å². The molecule has 0 bridgehead atoms. The summed E-state index contributed by atoms with van der Waals surface area (Å²) in [6, 6.07) is 0. The molecule has 4 aliphatic rings. The Bertz CT molecular complexity index is 1520. The van der Waals surface area contributed by atoms with Crippen LogP contribution in [0.2, 0.25) is 0 Å². The zero-order chi connectivity index (χ0) is 51.9. The van der Waals surface area contributed by atoms with Crippen LogP contribution >= 0.6 is 0 Å². The Morgan fingerprint density at radius 2 is 0.827 bits per heavy atom. The number of ether oxygens (including phenoxy) is 6. The fraction of sp³-hybridized carbons (Fsp3) is 0.846. The van der Waals surface area contributed by atoms with Crippen LogP contribution in [0.4, 0.5) is 0 Å². The number of epoxide rings is 2. The van der Waals surface area contributed by atoms with Crippen LogP contribution in [0.25, 0.3) is 0 Å². The molecule has 0 spiro atoms. The van der Waals surface area contributed by atoms with Crippen molar-refractivity contribution in [2.75, 3.05) is 26.4 Å². The summed E-state index contributed by atoms with van der Waals surface area (Å²) in [7, 11) is 0. The molecular formula is C52H94CaO22. The first kappa shape index (κ1) is 77.3. The van der Waals surface area contributed by atoms with Crippen LogP contribution in [0.15, 0.2) is 23.3 Å². The third kappa shape index (κ3) is 30.3. The average Bonchev–Trinajstić information content (AvgIpc) is 4.23. The molecule has 436 valence electrons. The standard InChI is InChI=1S/2C26H44O9.Ca.4H2O/c2*1-16(13-23(30)33-11-9-7-5-4-6-8-10-22(28)29)12-20-25(32)24(31)19(15-34-20)14-21-26(35-21)17(2)18(3)27;;;;;/h2*13,17-21,24-27,31-32H,4-12,14-15H2,1-3H3,(H,28,29);;4*1H2/q;;+2;;;;/p-2/b2*16-13+;;;;;/t2*17-,18-,19-,20-,21-,24+,25-,26-;;;;;/m00...../s1. The van der Waals surface area contributed by atoms with Crippen molar-refractivity contribution in [2.24, 2.45) is 23.7 Å². The van der Waals surface area contributed by atoms with Gasteiger partial charge in [0.25, 0.3) is 0 Å². The smallest absolute Gasteiger partial charge is 0.550 e. The number of aliphatic hydroxyl groups excluding tert-OH is 6. The van der Waals surface area contributed by atoms with Gasteiger partial charge in [0.05, 0.1) is 87.5 Å². The van der Waals surface area contributed by atoms with Gasteiger partial charge >= 0.3 is 49.7 Å². The Balaban J connectivity index is -0.00000130. The minimum atomic E-state index is -1.06. The SMILES string of the molecule is C/C(=C\C(=O)OCCCCCCCCC(=O)[O-])C[C@@H]1OC[C@H](C[C@@H]2O[C@H]2[C@@H](C)[C@H](C)O)[C@@H](O)[C@H]1O.C/C(=C\C(=O)OCCCCCCCCC(=O)[O-])C[C@@H]1OC[C@H](C[C@@H]2O[C@H]2[C@@H](C)[C@H](C)O)[C@@H](O)[C@H]1O.O.O.O.O.[Ca+2]. The fourth-order valence-electron chi connectivity index (χ4n) is 9.16. The summed E-state index contributed by atoms with van der Waals surface area (Å²) < 4.78 is 33.4. The molecule has 4 heterocycles. The third-order valence-electron chi connectivity index (χ3n) is 14.2. The van der Waals surface area contributed by atoms with E-state index in [0.29, 0.717) is 76.1 Å². The van der Waals surface area contributed by atoms with Crippen LogP contribution in [-0.4, -0.2) is 214 Å². The van der Waals surface area contributed by atoms with Gasteiger partial charge in [0.2, 0.25) is 0 Å². The molecule has 4 rings (SSSR count). The average molecular weight is 1110 g/mol. The van der Waals surface area contributed by atoms with Gasteiger partial charge < -0.3 is 101 Å². The quantitative estimate of drug-likeness (QED) is 0.0152. The molecule has 0 unspecified atom stereocenters. The second kappa shape index (κ2) is 41.1. The van der Waals surface area contributed by atoms with Crippen LogP contribution in [-0.2, 0) is 47.6 Å². The van der Waals surface area contributed by atoms with Gasteiger partial charge in [-0.1, -0.05) is 76.4 Å². The van der Waals surface area contributed by atoms with Gasteiger partial charge in [0.1, 0.15) is 12.2 Å². The van der Waals surface area contributed by atoms with Crippen LogP contribution in [0, 0.1) is 23.7 Å². The van der Waals surface area contributed by atoms with E-state index in [2.05, 4.69) is 0 Å². The second-order valence-electron chi connectivity index (χ2n) is 20.4. The molecule has 75 heavy (non-hydrogen) atoms. The number of esters is 2. The molecule has 4 saturated heterocycles. The molecular weight excluding hydrogens is 1020 g/mol. The van der Waals surface area contributed by atoms with Gasteiger partial charge in [-0.15, -0.1) is 0 Å². The topological polar surface area (TPSA) is 424 Å². The summed E-state index contributed by atoms with van der Waals surface area (Å²) in [5, 5.41) is 82.4. The van der Waals surface area contributed by atoms with E-state index in [1.54, 1.807) is 27.7 Å². The van der Waals surface area contributed by atoms with E-state index >= 15 is 0 Å². The maximum Gasteiger partial charge on any atom is 2.00 e. The second-order valence-corrected chi connectivity index (χ2v) is 20.4. The zero-order valence-electron chi connectivity index (χ0n) is 45.2. The molecule has 4 aliphatic heterocycles. The monoisotopic (exact) mass is 1110 g/mol. The van der Waals surface area contributed by atoms with Gasteiger partial charge in [-0.2, -0.15) is 0 Å². The van der Waals surface area contributed by atoms with E-state index in [1.165, 1.54) is 12.2 Å². The van der Waals surface area contributed by atoms with Crippen LogP contribution in [0.5, 0.6) is 0 Å². The van der Waals surface area contributed by atoms with Gasteiger partial charge in [0.15, 0.2) is 0 Å². The number of hydrogen-bond acceptors (Lipinski definition) is 18. The van der Waals surface area contributed by atoms with Crippen molar-refractivity contribution in [1.29, 1.82) is 0 Å². The molecule has 0 aromatic heterocycles. The Labute approximate surface area is 473 Å². The maximum absolute atomic E-state index is 12.0. The van der Waals surface area contributed by atoms with Crippen LogP contribution in [0.3, 0.4) is 0 Å². The minimum absolute atomic E-state index is 0. The molecule has 16 atom stereocenters. The molecule has 0 aliphatic carbocycles. The van der Waals surface area contributed by atoms with Crippen molar-refractivity contribution in [2.45, 2.75) is 230 Å². The number of unbranched alkanes of at least 4 members (excludes halogenated alkanes) is 10. The first-order valence-electron chi connectivity index (χ1n) is 25.9. The zero-order valence-corrected chi connectivity index (χ0v) is 47.4. The van der Waals surface area contributed by atoms with Crippen LogP contribution < -0.4 is 10.2 Å². The molecule has 22 nitrogen and oxygen atoms in total. The molecule has 23 heteroatoms. The molecule has 0 amide bonds. The number of carboxylic acid groups (broad SMARTS) is 2. The molecule has 14 N–H and O–H groups in total. The van der Waals surface area contributed by atoms with Crippen molar-refractivity contribution < 1.29 is 110 Å². The van der Waals surface area contributed by atoms with E-state index < -0.39 is 72.7 Å². The van der Waals surface area contributed by atoms with E-state index in [9.17, 15) is 60.0 Å². The summed E-state index contributed by atoms with van der Waals surface area (Å²) in [5.41, 5.74) is 1.41. The Kier molecular flexibility index (Phi) is 42.4. The molecule has 0 aromatic carbocycles. The number of carbonyl (C=O) groups excluding carboxylic acids is 4. The first-order chi connectivity index (χ1) is 33.2. The van der Waals surface area contributed by atoms with E-state index in [0.717, 1.165) is 64.2 Å². The Morgan fingerprint density at radius 3 is 1.13 bits per heavy atom. The number of carboxylic acids is 2. The maximum atomic E-state index is 12.0. The molecule has 4 fully saturated rings. The number of rotatable bonds is 32. The van der Waals surface area contributed by atoms with Crippen LogP contribution in [0.1, 0.15) is 157 Å². The summed E-state index contributed by atoms with van der Waals surface area (Å²) in [5.74, 6) is -3.37. The van der Waals surface area contributed by atoms with E-state index in [4.69, 9.17) is 28.4 Å². The summed E-state index contributed by atoms with van der Waals surface area (Å²) >= 11 is 0. The molecule has 0 aromatic rings. The number of aliphatic carboxylic acids is 2. The Morgan fingerprint density at radius 1 is 0.520 bits per heavy atom. The molecule has 0 saturated carbocycles. The van der Waals surface area contributed by atoms with Crippen molar-refractivity contribution in [3.8, 4) is 0 Å². The summed E-state index contributed by atoms with van der Waals surface area (Å²) in [4.78, 5) is 44.8. The van der Waals surface area contributed by atoms with Crippen molar-refractivity contribution in [3.63, 3.8) is 0 Å². The predicted molar refractivity (Wildman–Crippen MR) is 272 cm³/mol. The third-order valence-corrected chi connectivity index (χ3v) is 14.2.